The lowest BCUT2D eigenvalue weighted by Gasteiger charge is -2.30. The molecule has 0 amide bonds. The standard InChI is InChI=1S/C10H13BrO2/c1-8(11)6-10-5-3-2-4-9(10)12-7-13-10/h2-5,8-9H,6-7H2,1H3. The minimum Gasteiger partial charge on any atom is -0.345 e. The van der Waals surface area contributed by atoms with Crippen molar-refractivity contribution < 1.29 is 9.47 Å². The summed E-state index contributed by atoms with van der Waals surface area (Å²) in [5.74, 6) is 0. The number of halogens is 1. The van der Waals surface area contributed by atoms with Crippen LogP contribution in [0.5, 0.6) is 0 Å². The van der Waals surface area contributed by atoms with Crippen LogP contribution in [0.2, 0.25) is 0 Å². The highest BCUT2D eigenvalue weighted by molar-refractivity contribution is 9.09. The number of alkyl halides is 1. The predicted molar refractivity (Wildman–Crippen MR) is 54.8 cm³/mol. The van der Waals surface area contributed by atoms with E-state index in [1.807, 2.05) is 12.2 Å². The van der Waals surface area contributed by atoms with Crippen molar-refractivity contribution in [3.63, 3.8) is 0 Å². The summed E-state index contributed by atoms with van der Waals surface area (Å²) in [6, 6.07) is 0. The van der Waals surface area contributed by atoms with Gasteiger partial charge >= 0.3 is 0 Å². The average molecular weight is 245 g/mol. The minimum atomic E-state index is -0.225. The van der Waals surface area contributed by atoms with Crippen LogP contribution in [0.15, 0.2) is 24.3 Å². The summed E-state index contributed by atoms with van der Waals surface area (Å²) < 4.78 is 11.1. The van der Waals surface area contributed by atoms with Gasteiger partial charge in [-0.1, -0.05) is 41.1 Å². The van der Waals surface area contributed by atoms with Crippen molar-refractivity contribution in [1.29, 1.82) is 0 Å². The van der Waals surface area contributed by atoms with Crippen LogP contribution in [0.3, 0.4) is 0 Å². The summed E-state index contributed by atoms with van der Waals surface area (Å²) in [6.45, 7) is 2.53. The first-order valence-electron chi connectivity index (χ1n) is 4.49. The summed E-state index contributed by atoms with van der Waals surface area (Å²) in [6.07, 6.45) is 9.23. The second-order valence-electron chi connectivity index (χ2n) is 3.53. The van der Waals surface area contributed by atoms with E-state index in [0.717, 1.165) is 6.42 Å². The zero-order chi connectivity index (χ0) is 9.31. The maximum Gasteiger partial charge on any atom is 0.149 e. The van der Waals surface area contributed by atoms with Crippen LogP contribution >= 0.6 is 15.9 Å². The summed E-state index contributed by atoms with van der Waals surface area (Å²) >= 11 is 3.55. The minimum absolute atomic E-state index is 0.0949. The number of fused-ring (bicyclic) bond motifs is 1. The van der Waals surface area contributed by atoms with Crippen molar-refractivity contribution in [1.82, 2.24) is 0 Å². The number of ether oxygens (including phenoxy) is 2. The molecule has 72 valence electrons. The maximum atomic E-state index is 5.67. The lowest BCUT2D eigenvalue weighted by molar-refractivity contribution is 0.0139. The fourth-order valence-corrected chi connectivity index (χ4v) is 2.37. The Balaban J connectivity index is 2.18. The highest BCUT2D eigenvalue weighted by atomic mass is 79.9. The quantitative estimate of drug-likeness (QED) is 0.695. The van der Waals surface area contributed by atoms with Crippen molar-refractivity contribution in [3.05, 3.63) is 24.3 Å². The molecule has 0 aromatic heterocycles. The molecule has 1 aliphatic carbocycles. The molecule has 0 spiro atoms. The third-order valence-corrected chi connectivity index (χ3v) is 2.76. The fraction of sp³-hybridized carbons (Fsp3) is 0.600. The van der Waals surface area contributed by atoms with Gasteiger partial charge in [-0.3, -0.25) is 0 Å². The molecular formula is C10H13BrO2. The Morgan fingerprint density at radius 2 is 2.46 bits per heavy atom. The Morgan fingerprint density at radius 1 is 1.62 bits per heavy atom. The van der Waals surface area contributed by atoms with Gasteiger partial charge in [0.1, 0.15) is 18.5 Å². The third-order valence-electron chi connectivity index (χ3n) is 2.43. The van der Waals surface area contributed by atoms with E-state index >= 15 is 0 Å². The van der Waals surface area contributed by atoms with Crippen molar-refractivity contribution >= 4 is 15.9 Å². The number of rotatable bonds is 2. The summed E-state index contributed by atoms with van der Waals surface area (Å²) in [5.41, 5.74) is -0.225. The van der Waals surface area contributed by atoms with Gasteiger partial charge in [-0.15, -0.1) is 0 Å². The molecule has 3 atom stereocenters. The van der Waals surface area contributed by atoms with Crippen molar-refractivity contribution in [2.24, 2.45) is 0 Å². The van der Waals surface area contributed by atoms with Gasteiger partial charge in [0, 0.05) is 4.83 Å². The van der Waals surface area contributed by atoms with Gasteiger partial charge in [0.05, 0.1) is 0 Å². The van der Waals surface area contributed by atoms with Crippen LogP contribution in [-0.4, -0.2) is 23.3 Å². The highest BCUT2D eigenvalue weighted by Crippen LogP contribution is 2.36. The van der Waals surface area contributed by atoms with Crippen molar-refractivity contribution in [3.8, 4) is 0 Å². The fourth-order valence-electron chi connectivity index (χ4n) is 1.87. The monoisotopic (exact) mass is 244 g/mol. The predicted octanol–water partition coefficient (Wildman–Crippen LogP) is 2.40. The molecule has 0 bridgehead atoms. The van der Waals surface area contributed by atoms with E-state index in [2.05, 4.69) is 35.0 Å². The van der Waals surface area contributed by atoms with E-state index in [4.69, 9.17) is 9.47 Å². The van der Waals surface area contributed by atoms with Gasteiger partial charge in [-0.05, 0) is 12.5 Å². The number of allylic oxidation sites excluding steroid dienone is 2. The van der Waals surface area contributed by atoms with E-state index in [-0.39, 0.29) is 11.7 Å². The van der Waals surface area contributed by atoms with Gasteiger partial charge in [0.2, 0.25) is 0 Å². The van der Waals surface area contributed by atoms with Crippen LogP contribution < -0.4 is 0 Å². The van der Waals surface area contributed by atoms with Gasteiger partial charge < -0.3 is 9.47 Å². The number of hydrogen-bond donors (Lipinski definition) is 0. The molecule has 3 unspecified atom stereocenters. The van der Waals surface area contributed by atoms with E-state index in [1.54, 1.807) is 0 Å². The van der Waals surface area contributed by atoms with Gasteiger partial charge in [0.25, 0.3) is 0 Å². The first-order chi connectivity index (χ1) is 6.23. The van der Waals surface area contributed by atoms with Gasteiger partial charge in [-0.2, -0.15) is 0 Å². The molecule has 2 nitrogen and oxygen atoms in total. The molecule has 1 heterocycles. The Labute approximate surface area is 86.7 Å². The molecule has 0 saturated carbocycles. The van der Waals surface area contributed by atoms with Crippen molar-refractivity contribution in [2.45, 2.75) is 29.9 Å². The first-order valence-corrected chi connectivity index (χ1v) is 5.40. The third kappa shape index (κ3) is 1.73. The Hall–Kier alpha value is -0.120. The lowest BCUT2D eigenvalue weighted by atomic mass is 9.88. The molecule has 0 radical (unpaired) electrons. The van der Waals surface area contributed by atoms with Gasteiger partial charge in [0.15, 0.2) is 0 Å². The molecular weight excluding hydrogens is 232 g/mol. The summed E-state index contributed by atoms with van der Waals surface area (Å²) in [4.78, 5) is 0.438. The molecule has 3 heteroatoms. The summed E-state index contributed by atoms with van der Waals surface area (Å²) in [7, 11) is 0. The van der Waals surface area contributed by atoms with Crippen LogP contribution in [-0.2, 0) is 9.47 Å². The Bertz CT molecular complexity index is 247. The Morgan fingerprint density at radius 3 is 3.23 bits per heavy atom. The second-order valence-corrected chi connectivity index (χ2v) is 5.10. The SMILES string of the molecule is CC(Br)CC12C=CC=CC1OCO2. The molecule has 0 N–H and O–H groups in total. The van der Waals surface area contributed by atoms with E-state index in [9.17, 15) is 0 Å². The van der Waals surface area contributed by atoms with E-state index in [0.29, 0.717) is 11.6 Å². The van der Waals surface area contributed by atoms with Gasteiger partial charge in [-0.25, -0.2) is 0 Å². The molecule has 1 fully saturated rings. The van der Waals surface area contributed by atoms with E-state index in [1.165, 1.54) is 0 Å². The molecule has 1 aliphatic heterocycles. The Kier molecular flexibility index (Phi) is 2.58. The highest BCUT2D eigenvalue weighted by Gasteiger charge is 2.43. The molecule has 0 aromatic rings. The normalized spacial score (nSPS) is 39.1. The lowest BCUT2D eigenvalue weighted by Crippen LogP contribution is -2.39. The summed E-state index contributed by atoms with van der Waals surface area (Å²) in [5, 5.41) is 0. The van der Waals surface area contributed by atoms with Crippen LogP contribution in [0, 0.1) is 0 Å². The van der Waals surface area contributed by atoms with Crippen molar-refractivity contribution in [2.75, 3.05) is 6.79 Å². The average Bonchev–Trinajstić information content (AvgIpc) is 2.45. The molecule has 2 aliphatic rings. The molecule has 13 heavy (non-hydrogen) atoms. The van der Waals surface area contributed by atoms with E-state index < -0.39 is 0 Å². The molecule has 2 rings (SSSR count). The largest absolute Gasteiger partial charge is 0.345 e. The molecule has 0 aromatic carbocycles. The van der Waals surface area contributed by atoms with Crippen LogP contribution in [0.25, 0.3) is 0 Å². The second kappa shape index (κ2) is 3.56. The topological polar surface area (TPSA) is 18.5 Å². The van der Waals surface area contributed by atoms with Crippen LogP contribution in [0.4, 0.5) is 0 Å². The first kappa shape index (κ1) is 9.44. The number of hydrogen-bond acceptors (Lipinski definition) is 2. The zero-order valence-electron chi connectivity index (χ0n) is 7.57. The molecule has 1 saturated heterocycles. The zero-order valence-corrected chi connectivity index (χ0v) is 9.16. The van der Waals surface area contributed by atoms with Crippen LogP contribution in [0.1, 0.15) is 13.3 Å². The maximum absolute atomic E-state index is 5.67. The smallest absolute Gasteiger partial charge is 0.149 e.